The lowest BCUT2D eigenvalue weighted by Gasteiger charge is -2.32. The molecule has 4 rings (SSSR count). The molecule has 0 radical (unpaired) electrons. The summed E-state index contributed by atoms with van der Waals surface area (Å²) in [6.07, 6.45) is 3.93. The number of aromatic nitrogens is 1. The molecule has 1 aromatic heterocycles. The van der Waals surface area contributed by atoms with E-state index < -0.39 is 0 Å². The summed E-state index contributed by atoms with van der Waals surface area (Å²) in [5, 5.41) is 12.7. The Morgan fingerprint density at radius 2 is 1.83 bits per heavy atom. The first-order valence-corrected chi connectivity index (χ1v) is 10.6. The number of anilines is 1. The van der Waals surface area contributed by atoms with Crippen LogP contribution in [0.15, 0.2) is 48.5 Å². The van der Waals surface area contributed by atoms with E-state index in [0.29, 0.717) is 5.69 Å². The maximum atomic E-state index is 12.7. The zero-order valence-corrected chi connectivity index (χ0v) is 16.8. The average Bonchev–Trinajstić information content (AvgIpc) is 3.25. The summed E-state index contributed by atoms with van der Waals surface area (Å²) in [5.41, 5.74) is 1.79. The number of rotatable bonds is 6. The van der Waals surface area contributed by atoms with Crippen LogP contribution in [0.5, 0.6) is 0 Å². The molecule has 2 saturated heterocycles. The molecule has 2 fully saturated rings. The van der Waals surface area contributed by atoms with Crippen molar-refractivity contribution < 1.29 is 9.90 Å². The average molecular weight is 395 g/mol. The van der Waals surface area contributed by atoms with Crippen molar-refractivity contribution in [1.82, 2.24) is 15.2 Å². The number of benzene rings is 1. The van der Waals surface area contributed by atoms with Gasteiger partial charge in [-0.25, -0.2) is 4.98 Å². The molecular formula is C23H30N4O2. The SMILES string of the molecule is O=C(NC1CCN(Cc2ccccc2)CC1)c1cccc(N2CCCC2CO)n1. The van der Waals surface area contributed by atoms with Crippen LogP contribution in [0.25, 0.3) is 0 Å². The van der Waals surface area contributed by atoms with Crippen molar-refractivity contribution in [2.45, 2.75) is 44.3 Å². The maximum Gasteiger partial charge on any atom is 0.270 e. The van der Waals surface area contributed by atoms with Gasteiger partial charge < -0.3 is 15.3 Å². The molecule has 2 aliphatic rings. The molecule has 6 heteroatoms. The van der Waals surface area contributed by atoms with Crippen molar-refractivity contribution in [3.8, 4) is 0 Å². The van der Waals surface area contributed by atoms with E-state index in [4.69, 9.17) is 0 Å². The van der Waals surface area contributed by atoms with Crippen molar-refractivity contribution in [3.05, 3.63) is 59.8 Å². The summed E-state index contributed by atoms with van der Waals surface area (Å²) in [5.74, 6) is 0.681. The van der Waals surface area contributed by atoms with Gasteiger partial charge in [-0.05, 0) is 43.4 Å². The number of carbonyl (C=O) groups excluding carboxylic acids is 1. The molecule has 2 aliphatic heterocycles. The van der Waals surface area contributed by atoms with Gasteiger partial charge in [0, 0.05) is 32.2 Å². The van der Waals surface area contributed by atoms with Crippen molar-refractivity contribution in [3.63, 3.8) is 0 Å². The minimum Gasteiger partial charge on any atom is -0.394 e. The van der Waals surface area contributed by atoms with E-state index in [0.717, 1.165) is 57.7 Å². The Labute approximate surface area is 172 Å². The van der Waals surface area contributed by atoms with E-state index in [-0.39, 0.29) is 24.6 Å². The minimum atomic E-state index is -0.104. The number of piperidine rings is 1. The quantitative estimate of drug-likeness (QED) is 0.788. The third-order valence-corrected chi connectivity index (χ3v) is 6.02. The largest absolute Gasteiger partial charge is 0.394 e. The summed E-state index contributed by atoms with van der Waals surface area (Å²) in [6, 6.07) is 16.4. The zero-order chi connectivity index (χ0) is 20.1. The molecule has 0 saturated carbocycles. The topological polar surface area (TPSA) is 68.7 Å². The second kappa shape index (κ2) is 9.37. The molecule has 1 aromatic carbocycles. The van der Waals surface area contributed by atoms with Gasteiger partial charge in [0.2, 0.25) is 0 Å². The molecule has 3 heterocycles. The van der Waals surface area contributed by atoms with Crippen LogP contribution in [0.4, 0.5) is 5.82 Å². The van der Waals surface area contributed by atoms with Crippen molar-refractivity contribution >= 4 is 11.7 Å². The number of aliphatic hydroxyl groups is 1. The Morgan fingerprint density at radius 3 is 2.59 bits per heavy atom. The molecule has 29 heavy (non-hydrogen) atoms. The first-order chi connectivity index (χ1) is 14.2. The highest BCUT2D eigenvalue weighted by Crippen LogP contribution is 2.23. The van der Waals surface area contributed by atoms with Crippen LogP contribution in [0.2, 0.25) is 0 Å². The van der Waals surface area contributed by atoms with Crippen molar-refractivity contribution in [2.75, 3.05) is 31.1 Å². The van der Waals surface area contributed by atoms with E-state index in [9.17, 15) is 9.90 Å². The first-order valence-electron chi connectivity index (χ1n) is 10.6. The van der Waals surface area contributed by atoms with Gasteiger partial charge in [-0.15, -0.1) is 0 Å². The molecule has 154 valence electrons. The molecule has 2 aromatic rings. The predicted octanol–water partition coefficient (Wildman–Crippen LogP) is 2.44. The van der Waals surface area contributed by atoms with Gasteiger partial charge in [0.25, 0.3) is 5.91 Å². The number of hydrogen-bond acceptors (Lipinski definition) is 5. The molecule has 1 atom stereocenters. The Hall–Kier alpha value is -2.44. The van der Waals surface area contributed by atoms with Crippen LogP contribution >= 0.6 is 0 Å². The Kier molecular flexibility index (Phi) is 6.42. The second-order valence-electron chi connectivity index (χ2n) is 8.06. The number of amides is 1. The lowest BCUT2D eigenvalue weighted by Crippen LogP contribution is -2.44. The van der Waals surface area contributed by atoms with E-state index in [1.807, 2.05) is 18.2 Å². The standard InChI is InChI=1S/C23H30N4O2/c28-17-20-8-5-13-27(20)22-10-4-9-21(25-22)23(29)24-19-11-14-26(15-12-19)16-18-6-2-1-3-7-18/h1-4,6-7,9-10,19-20,28H,5,8,11-17H2,(H,24,29). The van der Waals surface area contributed by atoms with E-state index in [1.165, 1.54) is 5.56 Å². The summed E-state index contributed by atoms with van der Waals surface area (Å²) in [7, 11) is 0. The van der Waals surface area contributed by atoms with Crippen LogP contribution in [-0.4, -0.2) is 59.2 Å². The molecule has 6 nitrogen and oxygen atoms in total. The fourth-order valence-corrected chi connectivity index (χ4v) is 4.37. The molecule has 2 N–H and O–H groups in total. The van der Waals surface area contributed by atoms with Crippen molar-refractivity contribution in [2.24, 2.45) is 0 Å². The highest BCUT2D eigenvalue weighted by molar-refractivity contribution is 5.92. The predicted molar refractivity (Wildman–Crippen MR) is 114 cm³/mol. The molecular weight excluding hydrogens is 364 g/mol. The van der Waals surface area contributed by atoms with Crippen LogP contribution in [0, 0.1) is 0 Å². The highest BCUT2D eigenvalue weighted by Gasteiger charge is 2.26. The Bertz CT molecular complexity index is 806. The van der Waals surface area contributed by atoms with Gasteiger partial charge in [0.1, 0.15) is 11.5 Å². The summed E-state index contributed by atoms with van der Waals surface area (Å²) < 4.78 is 0. The Morgan fingerprint density at radius 1 is 1.03 bits per heavy atom. The molecule has 1 amide bonds. The number of nitrogens with zero attached hydrogens (tertiary/aromatic N) is 3. The van der Waals surface area contributed by atoms with Gasteiger partial charge in [0.15, 0.2) is 0 Å². The van der Waals surface area contributed by atoms with E-state index in [1.54, 1.807) is 6.07 Å². The first kappa shape index (κ1) is 19.9. The number of nitrogens with one attached hydrogen (secondary N) is 1. The summed E-state index contributed by atoms with van der Waals surface area (Å²) >= 11 is 0. The van der Waals surface area contributed by atoms with E-state index in [2.05, 4.69) is 44.4 Å². The fourth-order valence-electron chi connectivity index (χ4n) is 4.37. The lowest BCUT2D eigenvalue weighted by molar-refractivity contribution is 0.0904. The second-order valence-corrected chi connectivity index (χ2v) is 8.06. The fraction of sp³-hybridized carbons (Fsp3) is 0.478. The third-order valence-electron chi connectivity index (χ3n) is 6.02. The zero-order valence-electron chi connectivity index (χ0n) is 16.8. The normalized spacial score (nSPS) is 20.7. The van der Waals surface area contributed by atoms with Crippen LogP contribution in [0.1, 0.15) is 41.7 Å². The lowest BCUT2D eigenvalue weighted by atomic mass is 10.0. The maximum absolute atomic E-state index is 12.7. The monoisotopic (exact) mass is 394 g/mol. The van der Waals surface area contributed by atoms with Gasteiger partial charge >= 0.3 is 0 Å². The van der Waals surface area contributed by atoms with Crippen LogP contribution in [-0.2, 0) is 6.54 Å². The molecule has 0 bridgehead atoms. The smallest absolute Gasteiger partial charge is 0.270 e. The third kappa shape index (κ3) is 4.95. The number of likely N-dealkylation sites (tertiary alicyclic amines) is 1. The van der Waals surface area contributed by atoms with Gasteiger partial charge in [-0.2, -0.15) is 0 Å². The van der Waals surface area contributed by atoms with Crippen molar-refractivity contribution in [1.29, 1.82) is 0 Å². The molecule has 0 spiro atoms. The van der Waals surface area contributed by atoms with Crippen LogP contribution in [0.3, 0.4) is 0 Å². The molecule has 1 unspecified atom stereocenters. The van der Waals surface area contributed by atoms with E-state index >= 15 is 0 Å². The number of carbonyl (C=O) groups is 1. The number of hydrogen-bond donors (Lipinski definition) is 2. The van der Waals surface area contributed by atoms with Gasteiger partial charge in [-0.1, -0.05) is 36.4 Å². The van der Waals surface area contributed by atoms with Crippen LogP contribution < -0.4 is 10.2 Å². The van der Waals surface area contributed by atoms with Gasteiger partial charge in [0.05, 0.1) is 12.6 Å². The van der Waals surface area contributed by atoms with Gasteiger partial charge in [-0.3, -0.25) is 9.69 Å². The summed E-state index contributed by atoms with van der Waals surface area (Å²) in [6.45, 7) is 3.94. The Balaban J connectivity index is 1.30. The summed E-state index contributed by atoms with van der Waals surface area (Å²) in [4.78, 5) is 21.9. The molecule has 0 aliphatic carbocycles. The highest BCUT2D eigenvalue weighted by atomic mass is 16.3. The number of pyridine rings is 1. The minimum absolute atomic E-state index is 0.104. The number of aliphatic hydroxyl groups excluding tert-OH is 1.